The third kappa shape index (κ3) is 4.90. The van der Waals surface area contributed by atoms with Crippen molar-refractivity contribution in [2.45, 2.75) is 38.8 Å². The summed E-state index contributed by atoms with van der Waals surface area (Å²) in [5.74, 6) is 1.77. The Morgan fingerprint density at radius 1 is 1.24 bits per heavy atom. The Kier molecular flexibility index (Phi) is 6.33. The van der Waals surface area contributed by atoms with E-state index in [4.69, 9.17) is 9.47 Å². The van der Waals surface area contributed by atoms with Crippen molar-refractivity contribution in [3.8, 4) is 11.5 Å². The standard InChI is InChI=1S/C17H28N2O2/c1-4-5-15-12-18-14(2)13-19(15)10-11-21-17-8-6-16(20-3)7-9-17/h6-9,14-15,18H,4-5,10-13H2,1-3H3. The van der Waals surface area contributed by atoms with Crippen molar-refractivity contribution in [3.05, 3.63) is 24.3 Å². The van der Waals surface area contributed by atoms with E-state index in [1.165, 1.54) is 12.8 Å². The lowest BCUT2D eigenvalue weighted by molar-refractivity contribution is 0.107. The Balaban J connectivity index is 1.79. The highest BCUT2D eigenvalue weighted by atomic mass is 16.5. The van der Waals surface area contributed by atoms with Gasteiger partial charge in [-0.25, -0.2) is 0 Å². The Morgan fingerprint density at radius 2 is 1.95 bits per heavy atom. The van der Waals surface area contributed by atoms with E-state index in [1.54, 1.807) is 7.11 Å². The molecule has 1 aromatic rings. The van der Waals surface area contributed by atoms with Crippen LogP contribution < -0.4 is 14.8 Å². The molecule has 0 saturated carbocycles. The van der Waals surface area contributed by atoms with Gasteiger partial charge in [-0.1, -0.05) is 13.3 Å². The van der Waals surface area contributed by atoms with Gasteiger partial charge >= 0.3 is 0 Å². The van der Waals surface area contributed by atoms with Gasteiger partial charge in [-0.2, -0.15) is 0 Å². The van der Waals surface area contributed by atoms with Crippen LogP contribution in [0.25, 0.3) is 0 Å². The molecule has 1 aliphatic rings. The molecule has 0 spiro atoms. The van der Waals surface area contributed by atoms with Gasteiger partial charge in [0, 0.05) is 31.7 Å². The summed E-state index contributed by atoms with van der Waals surface area (Å²) in [6, 6.07) is 9.00. The van der Waals surface area contributed by atoms with E-state index in [-0.39, 0.29) is 0 Å². The largest absolute Gasteiger partial charge is 0.497 e. The third-order valence-corrected chi connectivity index (χ3v) is 4.06. The molecule has 2 atom stereocenters. The highest BCUT2D eigenvalue weighted by Crippen LogP contribution is 2.17. The summed E-state index contributed by atoms with van der Waals surface area (Å²) in [6.45, 7) is 8.43. The first-order valence-corrected chi connectivity index (χ1v) is 7.97. The molecular weight excluding hydrogens is 264 g/mol. The van der Waals surface area contributed by atoms with Crippen LogP contribution in [0, 0.1) is 0 Å². The molecule has 0 radical (unpaired) electrons. The predicted octanol–water partition coefficient (Wildman–Crippen LogP) is 2.54. The van der Waals surface area contributed by atoms with E-state index in [2.05, 4.69) is 24.1 Å². The lowest BCUT2D eigenvalue weighted by Gasteiger charge is -2.39. The number of piperazine rings is 1. The van der Waals surface area contributed by atoms with E-state index >= 15 is 0 Å². The van der Waals surface area contributed by atoms with Crippen LogP contribution in [0.4, 0.5) is 0 Å². The molecule has 1 N–H and O–H groups in total. The third-order valence-electron chi connectivity index (χ3n) is 4.06. The number of hydrogen-bond acceptors (Lipinski definition) is 4. The van der Waals surface area contributed by atoms with Crippen LogP contribution in [-0.4, -0.2) is 50.3 Å². The molecule has 2 rings (SSSR count). The van der Waals surface area contributed by atoms with Gasteiger partial charge in [0.05, 0.1) is 7.11 Å². The minimum Gasteiger partial charge on any atom is -0.497 e. The second-order valence-electron chi connectivity index (χ2n) is 5.77. The van der Waals surface area contributed by atoms with Crippen LogP contribution in [-0.2, 0) is 0 Å². The fourth-order valence-corrected chi connectivity index (χ4v) is 2.88. The Morgan fingerprint density at radius 3 is 2.62 bits per heavy atom. The van der Waals surface area contributed by atoms with E-state index < -0.39 is 0 Å². The lowest BCUT2D eigenvalue weighted by atomic mass is 10.1. The fraction of sp³-hybridized carbons (Fsp3) is 0.647. The van der Waals surface area contributed by atoms with Crippen LogP contribution in [0.15, 0.2) is 24.3 Å². The number of rotatable bonds is 7. The number of hydrogen-bond donors (Lipinski definition) is 1. The molecule has 0 aliphatic carbocycles. The summed E-state index contributed by atoms with van der Waals surface area (Å²) in [5.41, 5.74) is 0. The molecule has 118 valence electrons. The van der Waals surface area contributed by atoms with Gasteiger partial charge in [-0.15, -0.1) is 0 Å². The zero-order valence-electron chi connectivity index (χ0n) is 13.5. The Labute approximate surface area is 128 Å². The summed E-state index contributed by atoms with van der Waals surface area (Å²) in [6.07, 6.45) is 2.48. The molecule has 1 aromatic carbocycles. The van der Waals surface area contributed by atoms with Gasteiger partial charge < -0.3 is 14.8 Å². The number of ether oxygens (including phenoxy) is 2. The molecule has 0 amide bonds. The van der Waals surface area contributed by atoms with Crippen molar-refractivity contribution in [1.29, 1.82) is 0 Å². The fourth-order valence-electron chi connectivity index (χ4n) is 2.88. The topological polar surface area (TPSA) is 33.7 Å². The van der Waals surface area contributed by atoms with E-state index in [0.717, 1.165) is 37.7 Å². The first kappa shape index (κ1) is 16.1. The molecule has 4 nitrogen and oxygen atoms in total. The van der Waals surface area contributed by atoms with Crippen LogP contribution in [0.2, 0.25) is 0 Å². The zero-order chi connectivity index (χ0) is 15.1. The first-order chi connectivity index (χ1) is 10.2. The van der Waals surface area contributed by atoms with E-state index in [0.29, 0.717) is 12.1 Å². The molecule has 1 saturated heterocycles. The molecule has 0 aromatic heterocycles. The monoisotopic (exact) mass is 292 g/mol. The molecule has 1 aliphatic heterocycles. The van der Waals surface area contributed by atoms with Gasteiger partial charge in [0.15, 0.2) is 0 Å². The number of nitrogens with zero attached hydrogens (tertiary/aromatic N) is 1. The summed E-state index contributed by atoms with van der Waals surface area (Å²) >= 11 is 0. The van der Waals surface area contributed by atoms with Crippen LogP contribution in [0.3, 0.4) is 0 Å². The molecular formula is C17H28N2O2. The molecule has 2 unspecified atom stereocenters. The van der Waals surface area contributed by atoms with E-state index in [9.17, 15) is 0 Å². The average Bonchev–Trinajstić information content (AvgIpc) is 2.51. The molecule has 0 bridgehead atoms. The minimum atomic E-state index is 0.569. The van der Waals surface area contributed by atoms with Crippen LogP contribution >= 0.6 is 0 Å². The highest BCUT2D eigenvalue weighted by Gasteiger charge is 2.24. The molecule has 21 heavy (non-hydrogen) atoms. The van der Waals surface area contributed by atoms with Gasteiger partial charge in [-0.3, -0.25) is 4.90 Å². The van der Waals surface area contributed by atoms with Crippen molar-refractivity contribution in [1.82, 2.24) is 10.2 Å². The van der Waals surface area contributed by atoms with Crippen molar-refractivity contribution >= 4 is 0 Å². The lowest BCUT2D eigenvalue weighted by Crippen LogP contribution is -2.56. The summed E-state index contributed by atoms with van der Waals surface area (Å²) in [4.78, 5) is 2.56. The minimum absolute atomic E-state index is 0.569. The maximum Gasteiger partial charge on any atom is 0.119 e. The maximum absolute atomic E-state index is 5.85. The van der Waals surface area contributed by atoms with Crippen LogP contribution in [0.1, 0.15) is 26.7 Å². The predicted molar refractivity (Wildman–Crippen MR) is 86.2 cm³/mol. The van der Waals surface area contributed by atoms with E-state index in [1.807, 2.05) is 24.3 Å². The van der Waals surface area contributed by atoms with Crippen molar-refractivity contribution in [2.24, 2.45) is 0 Å². The van der Waals surface area contributed by atoms with Gasteiger partial charge in [0.25, 0.3) is 0 Å². The van der Waals surface area contributed by atoms with Crippen molar-refractivity contribution in [2.75, 3.05) is 33.4 Å². The summed E-state index contributed by atoms with van der Waals surface area (Å²) in [5, 5.41) is 3.57. The number of benzene rings is 1. The van der Waals surface area contributed by atoms with Gasteiger partial charge in [-0.05, 0) is 37.6 Å². The van der Waals surface area contributed by atoms with Crippen LogP contribution in [0.5, 0.6) is 11.5 Å². The smallest absolute Gasteiger partial charge is 0.119 e. The normalized spacial score (nSPS) is 23.0. The molecule has 1 fully saturated rings. The summed E-state index contributed by atoms with van der Waals surface area (Å²) < 4.78 is 11.0. The zero-order valence-corrected chi connectivity index (χ0v) is 13.5. The number of methoxy groups -OCH3 is 1. The van der Waals surface area contributed by atoms with Gasteiger partial charge in [0.2, 0.25) is 0 Å². The second-order valence-corrected chi connectivity index (χ2v) is 5.77. The highest BCUT2D eigenvalue weighted by molar-refractivity contribution is 5.31. The number of nitrogens with one attached hydrogen (secondary N) is 1. The Hall–Kier alpha value is -1.26. The average molecular weight is 292 g/mol. The first-order valence-electron chi connectivity index (χ1n) is 7.97. The molecule has 1 heterocycles. The molecule has 4 heteroatoms. The van der Waals surface area contributed by atoms with Gasteiger partial charge in [0.1, 0.15) is 18.1 Å². The Bertz CT molecular complexity index is 408. The maximum atomic E-state index is 5.85. The summed E-state index contributed by atoms with van der Waals surface area (Å²) in [7, 11) is 1.68. The quantitative estimate of drug-likeness (QED) is 0.837. The van der Waals surface area contributed by atoms with Crippen molar-refractivity contribution < 1.29 is 9.47 Å². The SMILES string of the molecule is CCCC1CNC(C)CN1CCOc1ccc(OC)cc1. The second kappa shape index (κ2) is 8.25. The van der Waals surface area contributed by atoms with Crippen molar-refractivity contribution in [3.63, 3.8) is 0 Å².